The van der Waals surface area contributed by atoms with Gasteiger partial charge >= 0.3 is 0 Å². The fraction of sp³-hybridized carbons (Fsp3) is 0.455. The number of aromatic nitrogens is 1. The minimum atomic E-state index is -0.0902. The van der Waals surface area contributed by atoms with Crippen LogP contribution < -0.4 is 5.32 Å². The van der Waals surface area contributed by atoms with Crippen LogP contribution in [0.4, 0.5) is 5.69 Å². The van der Waals surface area contributed by atoms with E-state index >= 15 is 0 Å². The number of nitrogens with zero attached hydrogens (tertiary/aromatic N) is 2. The Morgan fingerprint density at radius 2 is 2.50 bits per heavy atom. The Balaban J connectivity index is 2.05. The molecule has 5 nitrogen and oxygen atoms in total. The van der Waals surface area contributed by atoms with Crippen molar-refractivity contribution in [2.24, 2.45) is 0 Å². The second kappa shape index (κ2) is 4.49. The smallest absolute Gasteiger partial charge is 0.241 e. The summed E-state index contributed by atoms with van der Waals surface area (Å²) in [4.78, 5) is 17.7. The van der Waals surface area contributed by atoms with E-state index in [4.69, 9.17) is 0 Å². The Bertz CT molecular complexity index is 395. The van der Waals surface area contributed by atoms with Gasteiger partial charge < -0.3 is 10.4 Å². The first-order chi connectivity index (χ1) is 7.68. The molecular formula is C11H15N3O2. The van der Waals surface area contributed by atoms with Crippen molar-refractivity contribution in [3.05, 3.63) is 18.5 Å². The van der Waals surface area contributed by atoms with Gasteiger partial charge in [0.1, 0.15) is 0 Å². The molecule has 1 fully saturated rings. The van der Waals surface area contributed by atoms with E-state index in [1.165, 1.54) is 12.4 Å². The number of aromatic hydroxyl groups is 1. The lowest BCUT2D eigenvalue weighted by Gasteiger charge is -2.18. The lowest BCUT2D eigenvalue weighted by atomic mass is 10.2. The van der Waals surface area contributed by atoms with Crippen molar-refractivity contribution in [1.29, 1.82) is 0 Å². The van der Waals surface area contributed by atoms with Gasteiger partial charge in [-0.2, -0.15) is 0 Å². The third-order valence-electron chi connectivity index (χ3n) is 2.88. The van der Waals surface area contributed by atoms with Crippen molar-refractivity contribution in [2.45, 2.75) is 18.9 Å². The Morgan fingerprint density at radius 3 is 3.12 bits per heavy atom. The number of pyridine rings is 1. The number of hydrogen-bond donors (Lipinski definition) is 2. The van der Waals surface area contributed by atoms with Crippen LogP contribution in [-0.2, 0) is 4.79 Å². The standard InChI is InChI=1S/C11H15N3O2/c1-14-6-2-3-9(14)11(16)13-8-4-5-12-7-10(8)15/h4-5,7,9,15H,2-3,6H2,1H3,(H,12,13,16). The van der Waals surface area contributed by atoms with Gasteiger partial charge in [-0.15, -0.1) is 0 Å². The van der Waals surface area contributed by atoms with Gasteiger partial charge in [-0.25, -0.2) is 0 Å². The maximum Gasteiger partial charge on any atom is 0.241 e. The van der Waals surface area contributed by atoms with Crippen molar-refractivity contribution >= 4 is 11.6 Å². The Hall–Kier alpha value is -1.62. The number of rotatable bonds is 2. The molecule has 16 heavy (non-hydrogen) atoms. The van der Waals surface area contributed by atoms with Gasteiger partial charge in [0, 0.05) is 6.20 Å². The highest BCUT2D eigenvalue weighted by atomic mass is 16.3. The van der Waals surface area contributed by atoms with E-state index in [0.717, 1.165) is 19.4 Å². The van der Waals surface area contributed by atoms with Crippen LogP contribution >= 0.6 is 0 Å². The zero-order valence-corrected chi connectivity index (χ0v) is 9.18. The quantitative estimate of drug-likeness (QED) is 0.776. The highest BCUT2D eigenvalue weighted by Crippen LogP contribution is 2.22. The predicted molar refractivity (Wildman–Crippen MR) is 60.2 cm³/mol. The normalized spacial score (nSPS) is 20.9. The molecule has 1 aliphatic heterocycles. The molecule has 5 heteroatoms. The van der Waals surface area contributed by atoms with E-state index in [1.807, 2.05) is 11.9 Å². The van der Waals surface area contributed by atoms with Gasteiger partial charge in [0.2, 0.25) is 5.91 Å². The minimum absolute atomic E-state index is 0.00324. The SMILES string of the molecule is CN1CCCC1C(=O)Nc1ccncc1O. The summed E-state index contributed by atoms with van der Waals surface area (Å²) in [5, 5.41) is 12.2. The second-order valence-electron chi connectivity index (χ2n) is 4.02. The van der Waals surface area contributed by atoms with E-state index in [0.29, 0.717) is 5.69 Å². The molecule has 1 saturated heterocycles. The van der Waals surface area contributed by atoms with Crippen LogP contribution in [0.3, 0.4) is 0 Å². The molecule has 2 heterocycles. The molecule has 86 valence electrons. The van der Waals surface area contributed by atoms with Gasteiger partial charge in [-0.05, 0) is 32.5 Å². The van der Waals surface area contributed by atoms with Crippen LogP contribution in [0, 0.1) is 0 Å². The molecule has 1 aliphatic rings. The first kappa shape index (κ1) is 10.9. The van der Waals surface area contributed by atoms with Crippen molar-refractivity contribution in [3.63, 3.8) is 0 Å². The average molecular weight is 221 g/mol. The van der Waals surface area contributed by atoms with E-state index in [1.54, 1.807) is 6.07 Å². The summed E-state index contributed by atoms with van der Waals surface area (Å²) < 4.78 is 0. The molecule has 0 bridgehead atoms. The van der Waals surface area contributed by atoms with Gasteiger partial charge in [0.05, 0.1) is 17.9 Å². The number of likely N-dealkylation sites (tertiary alicyclic amines) is 1. The van der Waals surface area contributed by atoms with Gasteiger partial charge in [0.25, 0.3) is 0 Å². The van der Waals surface area contributed by atoms with Gasteiger partial charge in [0.15, 0.2) is 5.75 Å². The number of hydrogen-bond acceptors (Lipinski definition) is 4. The van der Waals surface area contributed by atoms with E-state index in [-0.39, 0.29) is 17.7 Å². The molecular weight excluding hydrogens is 206 g/mol. The molecule has 0 saturated carbocycles. The topological polar surface area (TPSA) is 65.5 Å². The van der Waals surface area contributed by atoms with Crippen LogP contribution in [0.2, 0.25) is 0 Å². The highest BCUT2D eigenvalue weighted by molar-refractivity contribution is 5.96. The third kappa shape index (κ3) is 2.14. The Kier molecular flexibility index (Phi) is 3.05. The molecule has 1 aromatic rings. The van der Waals surface area contributed by atoms with Crippen LogP contribution in [0.15, 0.2) is 18.5 Å². The van der Waals surface area contributed by atoms with Crippen LogP contribution in [-0.4, -0.2) is 40.5 Å². The van der Waals surface area contributed by atoms with Crippen LogP contribution in [0.5, 0.6) is 5.75 Å². The number of carbonyl (C=O) groups excluding carboxylic acids is 1. The first-order valence-corrected chi connectivity index (χ1v) is 5.32. The van der Waals surface area contributed by atoms with Crippen molar-refractivity contribution < 1.29 is 9.90 Å². The average Bonchev–Trinajstić information content (AvgIpc) is 2.68. The van der Waals surface area contributed by atoms with Crippen molar-refractivity contribution in [2.75, 3.05) is 18.9 Å². The minimum Gasteiger partial charge on any atom is -0.504 e. The summed E-state index contributed by atoms with van der Waals surface area (Å²) in [5.41, 5.74) is 0.417. The lowest BCUT2D eigenvalue weighted by Crippen LogP contribution is -2.37. The first-order valence-electron chi connectivity index (χ1n) is 5.32. The molecule has 1 unspecified atom stereocenters. The number of nitrogens with one attached hydrogen (secondary N) is 1. The van der Waals surface area contributed by atoms with E-state index in [9.17, 15) is 9.90 Å². The zero-order valence-electron chi connectivity index (χ0n) is 9.18. The molecule has 1 atom stereocenters. The van der Waals surface area contributed by atoms with E-state index < -0.39 is 0 Å². The summed E-state index contributed by atoms with van der Waals surface area (Å²) in [7, 11) is 1.93. The summed E-state index contributed by atoms with van der Waals surface area (Å²) in [6.07, 6.45) is 4.76. The number of carbonyl (C=O) groups is 1. The maximum absolute atomic E-state index is 11.9. The molecule has 0 aliphatic carbocycles. The highest BCUT2D eigenvalue weighted by Gasteiger charge is 2.27. The molecule has 0 aromatic carbocycles. The molecule has 0 radical (unpaired) electrons. The van der Waals surface area contributed by atoms with E-state index in [2.05, 4.69) is 10.3 Å². The second-order valence-corrected chi connectivity index (χ2v) is 4.02. The third-order valence-corrected chi connectivity index (χ3v) is 2.88. The summed E-state index contributed by atoms with van der Waals surface area (Å²) >= 11 is 0. The van der Waals surface area contributed by atoms with Crippen molar-refractivity contribution in [1.82, 2.24) is 9.88 Å². The number of amides is 1. The number of anilines is 1. The van der Waals surface area contributed by atoms with Gasteiger partial charge in [-0.1, -0.05) is 0 Å². The van der Waals surface area contributed by atoms with Crippen LogP contribution in [0.25, 0.3) is 0 Å². The fourth-order valence-corrected chi connectivity index (χ4v) is 1.95. The summed E-state index contributed by atoms with van der Waals surface area (Å²) in [6, 6.07) is 1.50. The van der Waals surface area contributed by atoms with Crippen LogP contribution in [0.1, 0.15) is 12.8 Å². The monoisotopic (exact) mass is 221 g/mol. The lowest BCUT2D eigenvalue weighted by molar-refractivity contribution is -0.119. The zero-order chi connectivity index (χ0) is 11.5. The van der Waals surface area contributed by atoms with Gasteiger partial charge in [-0.3, -0.25) is 14.7 Å². The summed E-state index contributed by atoms with van der Waals surface area (Å²) in [5.74, 6) is -0.0713. The molecule has 2 rings (SSSR count). The molecule has 0 spiro atoms. The molecule has 1 amide bonds. The largest absolute Gasteiger partial charge is 0.504 e. The predicted octanol–water partition coefficient (Wildman–Crippen LogP) is 0.820. The Labute approximate surface area is 94.1 Å². The van der Waals surface area contributed by atoms with Crippen molar-refractivity contribution in [3.8, 4) is 5.75 Å². The summed E-state index contributed by atoms with van der Waals surface area (Å²) in [6.45, 7) is 0.945. The fourth-order valence-electron chi connectivity index (χ4n) is 1.95. The molecule has 2 N–H and O–H groups in total. The maximum atomic E-state index is 11.9. The Morgan fingerprint density at radius 1 is 1.69 bits per heavy atom. The number of likely N-dealkylation sites (N-methyl/N-ethyl adjacent to an activating group) is 1. The molecule has 1 aromatic heterocycles.